The fourth-order valence-corrected chi connectivity index (χ4v) is 3.37. The van der Waals surface area contributed by atoms with Gasteiger partial charge in [0.1, 0.15) is 5.82 Å². The molecule has 1 heterocycles. The van der Waals surface area contributed by atoms with Crippen molar-refractivity contribution in [2.45, 2.75) is 19.4 Å². The number of nitrogens with one attached hydrogen (secondary N) is 1. The number of hydrogen-bond donors (Lipinski definition) is 1. The van der Waals surface area contributed by atoms with E-state index in [2.05, 4.69) is 26.1 Å². The van der Waals surface area contributed by atoms with Crippen LogP contribution >= 0.6 is 15.9 Å². The van der Waals surface area contributed by atoms with E-state index in [1.807, 2.05) is 37.3 Å². The van der Waals surface area contributed by atoms with E-state index in [0.717, 1.165) is 28.7 Å². The van der Waals surface area contributed by atoms with Gasteiger partial charge in [-0.3, -0.25) is 9.69 Å². The van der Waals surface area contributed by atoms with Gasteiger partial charge in [-0.15, -0.1) is 0 Å². The second-order valence-electron chi connectivity index (χ2n) is 5.77. The Labute approximate surface area is 143 Å². The van der Waals surface area contributed by atoms with Gasteiger partial charge in [-0.2, -0.15) is 0 Å². The Balaban J connectivity index is 1.69. The molecule has 2 aromatic carbocycles. The highest BCUT2D eigenvalue weighted by Gasteiger charge is 2.25. The zero-order chi connectivity index (χ0) is 16.4. The Kier molecular flexibility index (Phi) is 4.78. The minimum Gasteiger partial charge on any atom is -0.324 e. The summed E-state index contributed by atoms with van der Waals surface area (Å²) < 4.78 is 14.3. The summed E-state index contributed by atoms with van der Waals surface area (Å²) in [5.74, 6) is -0.293. The van der Waals surface area contributed by atoms with E-state index < -0.39 is 0 Å². The van der Waals surface area contributed by atoms with Crippen LogP contribution in [0.1, 0.15) is 24.1 Å². The minimum absolute atomic E-state index is 0.0272. The summed E-state index contributed by atoms with van der Waals surface area (Å²) in [7, 11) is 0. The number of rotatable bonds is 3. The highest BCUT2D eigenvalue weighted by molar-refractivity contribution is 9.10. The fourth-order valence-electron chi connectivity index (χ4n) is 2.99. The van der Waals surface area contributed by atoms with Gasteiger partial charge in [0.05, 0.1) is 12.2 Å². The smallest absolute Gasteiger partial charge is 0.238 e. The van der Waals surface area contributed by atoms with Gasteiger partial charge in [0, 0.05) is 17.1 Å². The maximum atomic E-state index is 13.5. The molecule has 23 heavy (non-hydrogen) atoms. The van der Waals surface area contributed by atoms with Crippen LogP contribution < -0.4 is 5.32 Å². The Morgan fingerprint density at radius 3 is 2.91 bits per heavy atom. The second kappa shape index (κ2) is 6.81. The molecule has 120 valence electrons. The number of anilines is 1. The van der Waals surface area contributed by atoms with E-state index in [1.54, 1.807) is 6.07 Å². The number of amides is 1. The lowest BCUT2D eigenvalue weighted by atomic mass is 9.93. The van der Waals surface area contributed by atoms with Crippen LogP contribution in [0.4, 0.5) is 10.1 Å². The van der Waals surface area contributed by atoms with Crippen LogP contribution in [-0.4, -0.2) is 23.9 Å². The topological polar surface area (TPSA) is 32.3 Å². The summed E-state index contributed by atoms with van der Waals surface area (Å²) in [6.45, 7) is 3.10. The normalized spacial score (nSPS) is 17.6. The Morgan fingerprint density at radius 2 is 2.13 bits per heavy atom. The van der Waals surface area contributed by atoms with E-state index in [9.17, 15) is 9.18 Å². The van der Waals surface area contributed by atoms with Crippen LogP contribution in [0, 0.1) is 5.82 Å². The van der Waals surface area contributed by atoms with Crippen LogP contribution in [0.25, 0.3) is 0 Å². The van der Waals surface area contributed by atoms with Crippen LogP contribution in [0.5, 0.6) is 0 Å². The molecular formula is C18H18BrFN2O. The van der Waals surface area contributed by atoms with E-state index in [0.29, 0.717) is 6.54 Å². The van der Waals surface area contributed by atoms with E-state index >= 15 is 0 Å². The first-order chi connectivity index (χ1) is 11.0. The summed E-state index contributed by atoms with van der Waals surface area (Å²) in [5.41, 5.74) is 2.90. The minimum atomic E-state index is -0.227. The van der Waals surface area contributed by atoms with E-state index in [-0.39, 0.29) is 17.8 Å². The third-order valence-electron chi connectivity index (χ3n) is 4.27. The first-order valence-electron chi connectivity index (χ1n) is 7.61. The average Bonchev–Trinajstić information content (AvgIpc) is 2.53. The van der Waals surface area contributed by atoms with Crippen molar-refractivity contribution in [3.63, 3.8) is 0 Å². The number of para-hydroxylation sites is 1. The first-order valence-corrected chi connectivity index (χ1v) is 8.40. The zero-order valence-corrected chi connectivity index (χ0v) is 14.4. The largest absolute Gasteiger partial charge is 0.324 e. The van der Waals surface area contributed by atoms with Crippen LogP contribution in [-0.2, 0) is 11.2 Å². The molecular weight excluding hydrogens is 359 g/mol. The van der Waals surface area contributed by atoms with Gasteiger partial charge in [0.25, 0.3) is 0 Å². The molecule has 1 N–H and O–H groups in total. The van der Waals surface area contributed by atoms with Crippen molar-refractivity contribution in [1.82, 2.24) is 4.90 Å². The molecule has 0 radical (unpaired) electrons. The zero-order valence-electron chi connectivity index (χ0n) is 12.9. The Hall–Kier alpha value is -1.72. The molecule has 0 aliphatic carbocycles. The number of benzene rings is 2. The predicted molar refractivity (Wildman–Crippen MR) is 92.9 cm³/mol. The molecule has 0 spiro atoms. The molecule has 1 unspecified atom stereocenters. The molecule has 1 atom stereocenters. The summed E-state index contributed by atoms with van der Waals surface area (Å²) >= 11 is 3.42. The maximum Gasteiger partial charge on any atom is 0.238 e. The molecule has 3 nitrogen and oxygen atoms in total. The van der Waals surface area contributed by atoms with Crippen molar-refractivity contribution >= 4 is 27.5 Å². The lowest BCUT2D eigenvalue weighted by Crippen LogP contribution is -2.39. The number of carbonyl (C=O) groups excluding carboxylic acids is 1. The summed E-state index contributed by atoms with van der Waals surface area (Å²) in [4.78, 5) is 14.4. The molecule has 0 bridgehead atoms. The standard InChI is InChI=1S/C18H18BrFN2O/c1-12-15-10-14(20)7-6-13(15)8-9-22(12)11-18(23)21-17-5-3-2-4-16(17)19/h2-7,10,12H,8-9,11H2,1H3,(H,21,23). The number of nitrogens with zero attached hydrogens (tertiary/aromatic N) is 1. The van der Waals surface area contributed by atoms with Crippen molar-refractivity contribution in [2.75, 3.05) is 18.4 Å². The predicted octanol–water partition coefficient (Wildman–Crippen LogP) is 4.15. The molecule has 2 aromatic rings. The molecule has 1 aliphatic rings. The Morgan fingerprint density at radius 1 is 1.35 bits per heavy atom. The number of halogens is 2. The third-order valence-corrected chi connectivity index (χ3v) is 4.96. The van der Waals surface area contributed by atoms with Gasteiger partial charge in [0.15, 0.2) is 0 Å². The van der Waals surface area contributed by atoms with Crippen molar-refractivity contribution in [3.8, 4) is 0 Å². The van der Waals surface area contributed by atoms with Gasteiger partial charge < -0.3 is 5.32 Å². The molecule has 0 aromatic heterocycles. The first kappa shape index (κ1) is 16.1. The van der Waals surface area contributed by atoms with Gasteiger partial charge >= 0.3 is 0 Å². The molecule has 3 rings (SSSR count). The summed E-state index contributed by atoms with van der Waals surface area (Å²) in [5, 5.41) is 2.91. The molecule has 1 aliphatic heterocycles. The van der Waals surface area contributed by atoms with Gasteiger partial charge in [0.2, 0.25) is 5.91 Å². The highest BCUT2D eigenvalue weighted by Crippen LogP contribution is 2.30. The monoisotopic (exact) mass is 376 g/mol. The number of carbonyl (C=O) groups is 1. The van der Waals surface area contributed by atoms with Gasteiger partial charge in [-0.05, 0) is 64.7 Å². The van der Waals surface area contributed by atoms with E-state index in [4.69, 9.17) is 0 Å². The van der Waals surface area contributed by atoms with Crippen molar-refractivity contribution < 1.29 is 9.18 Å². The number of hydrogen-bond acceptors (Lipinski definition) is 2. The van der Waals surface area contributed by atoms with Crippen LogP contribution in [0.2, 0.25) is 0 Å². The van der Waals surface area contributed by atoms with E-state index in [1.165, 1.54) is 11.6 Å². The Bertz CT molecular complexity index is 735. The van der Waals surface area contributed by atoms with Crippen LogP contribution in [0.3, 0.4) is 0 Å². The number of fused-ring (bicyclic) bond motifs is 1. The average molecular weight is 377 g/mol. The molecule has 0 fully saturated rings. The van der Waals surface area contributed by atoms with Gasteiger partial charge in [-0.25, -0.2) is 4.39 Å². The lowest BCUT2D eigenvalue weighted by Gasteiger charge is -2.34. The highest BCUT2D eigenvalue weighted by atomic mass is 79.9. The maximum absolute atomic E-state index is 13.5. The summed E-state index contributed by atoms with van der Waals surface area (Å²) in [6, 6.07) is 12.5. The molecule has 0 saturated carbocycles. The molecule has 0 saturated heterocycles. The SMILES string of the molecule is CC1c2cc(F)ccc2CCN1CC(=O)Nc1ccccc1Br. The molecule has 1 amide bonds. The molecule has 5 heteroatoms. The quantitative estimate of drug-likeness (QED) is 0.872. The summed E-state index contributed by atoms with van der Waals surface area (Å²) in [6.07, 6.45) is 0.836. The third kappa shape index (κ3) is 3.62. The van der Waals surface area contributed by atoms with Crippen molar-refractivity contribution in [2.24, 2.45) is 0 Å². The van der Waals surface area contributed by atoms with Crippen LogP contribution in [0.15, 0.2) is 46.9 Å². The van der Waals surface area contributed by atoms with Gasteiger partial charge in [-0.1, -0.05) is 18.2 Å². The lowest BCUT2D eigenvalue weighted by molar-refractivity contribution is -0.117. The van der Waals surface area contributed by atoms with Crippen molar-refractivity contribution in [1.29, 1.82) is 0 Å². The second-order valence-corrected chi connectivity index (χ2v) is 6.62. The fraction of sp³-hybridized carbons (Fsp3) is 0.278. The van der Waals surface area contributed by atoms with Crippen molar-refractivity contribution in [3.05, 3.63) is 63.9 Å².